The fraction of sp³-hybridized carbons (Fsp3) is 0.517. The van der Waals surface area contributed by atoms with E-state index >= 15 is 0 Å². The van der Waals surface area contributed by atoms with Gasteiger partial charge in [0.05, 0.1) is 18.2 Å². The van der Waals surface area contributed by atoms with Crippen LogP contribution in [0.15, 0.2) is 30.3 Å². The van der Waals surface area contributed by atoms with Gasteiger partial charge in [-0.15, -0.1) is 0 Å². The monoisotopic (exact) mass is 496 g/mol. The number of ether oxygens (including phenoxy) is 3. The maximum Gasteiger partial charge on any atom is 0.302 e. The van der Waals surface area contributed by atoms with Gasteiger partial charge in [-0.05, 0) is 78.5 Å². The van der Waals surface area contributed by atoms with Gasteiger partial charge >= 0.3 is 11.9 Å². The van der Waals surface area contributed by atoms with Crippen LogP contribution in [-0.4, -0.2) is 31.3 Å². The summed E-state index contributed by atoms with van der Waals surface area (Å²) in [5.74, 6) is 1.30. The van der Waals surface area contributed by atoms with E-state index in [-0.39, 0.29) is 29.9 Å². The van der Waals surface area contributed by atoms with Gasteiger partial charge < -0.3 is 14.2 Å². The number of esters is 2. The molecule has 0 saturated heterocycles. The van der Waals surface area contributed by atoms with Gasteiger partial charge in [0.1, 0.15) is 11.9 Å². The number of hydrogen-bond donors (Lipinski definition) is 0. The lowest BCUT2D eigenvalue weighted by Gasteiger charge is -2.35. The first-order valence-corrected chi connectivity index (χ1v) is 13.1. The van der Waals surface area contributed by atoms with Crippen molar-refractivity contribution in [2.75, 3.05) is 13.2 Å². The van der Waals surface area contributed by atoms with Gasteiger partial charge in [0.2, 0.25) is 0 Å². The molecule has 2 saturated carbocycles. The largest absolute Gasteiger partial charge is 0.491 e. The minimum Gasteiger partial charge on any atom is -0.491 e. The van der Waals surface area contributed by atoms with Crippen LogP contribution >= 0.6 is 11.6 Å². The SMILES string of the molecule is CC(=O)OCC1CC(OC(C)=O)CC(c2cc(Cc3ccc(C4CC4)cc3)c(Cl)c3c2CCO3)C1. The molecule has 3 atom stereocenters. The van der Waals surface area contributed by atoms with Crippen LogP contribution in [0.5, 0.6) is 5.75 Å². The number of benzene rings is 2. The van der Waals surface area contributed by atoms with Crippen molar-refractivity contribution in [3.05, 3.63) is 63.2 Å². The topological polar surface area (TPSA) is 61.8 Å². The van der Waals surface area contributed by atoms with E-state index < -0.39 is 0 Å². The third kappa shape index (κ3) is 5.66. The second-order valence-corrected chi connectivity index (χ2v) is 10.7. The Morgan fingerprint density at radius 2 is 1.80 bits per heavy atom. The molecule has 0 amide bonds. The Morgan fingerprint density at radius 3 is 2.49 bits per heavy atom. The zero-order valence-electron chi connectivity index (χ0n) is 20.5. The van der Waals surface area contributed by atoms with E-state index in [4.69, 9.17) is 25.8 Å². The molecule has 0 N–H and O–H groups in total. The molecular weight excluding hydrogens is 464 g/mol. The Hall–Kier alpha value is -2.53. The molecule has 2 aromatic carbocycles. The number of carbonyl (C=O) groups excluding carboxylic acids is 2. The van der Waals surface area contributed by atoms with Crippen molar-refractivity contribution in [2.24, 2.45) is 5.92 Å². The highest BCUT2D eigenvalue weighted by Gasteiger charge is 2.35. The van der Waals surface area contributed by atoms with Crippen LogP contribution in [0, 0.1) is 5.92 Å². The average Bonchev–Trinajstić information content (AvgIpc) is 3.55. The van der Waals surface area contributed by atoms with E-state index in [9.17, 15) is 9.59 Å². The summed E-state index contributed by atoms with van der Waals surface area (Å²) < 4.78 is 17.0. The third-order valence-corrected chi connectivity index (χ3v) is 7.93. The standard InChI is InChI=1S/C29H33ClO5/c1-17(31)34-16-20-12-23(14-25(13-20)35-18(2)32)27-15-24(28(30)29-26(27)9-10-33-29)11-19-3-5-21(6-4-19)22-7-8-22/h3-6,15,20,22-23,25H,7-14,16H2,1-2H3. The van der Waals surface area contributed by atoms with Gasteiger partial charge in [0.25, 0.3) is 0 Å². The van der Waals surface area contributed by atoms with Crippen molar-refractivity contribution in [3.63, 3.8) is 0 Å². The highest BCUT2D eigenvalue weighted by molar-refractivity contribution is 6.33. The Morgan fingerprint density at radius 1 is 1.03 bits per heavy atom. The number of hydrogen-bond acceptors (Lipinski definition) is 5. The number of fused-ring (bicyclic) bond motifs is 1. The van der Waals surface area contributed by atoms with E-state index in [2.05, 4.69) is 30.3 Å². The van der Waals surface area contributed by atoms with Crippen LogP contribution in [0.1, 0.15) is 85.6 Å². The van der Waals surface area contributed by atoms with Gasteiger partial charge in [-0.25, -0.2) is 0 Å². The number of carbonyl (C=O) groups is 2. The van der Waals surface area contributed by atoms with Crippen LogP contribution in [0.3, 0.4) is 0 Å². The van der Waals surface area contributed by atoms with Crippen molar-refractivity contribution < 1.29 is 23.8 Å². The van der Waals surface area contributed by atoms with Crippen molar-refractivity contribution in [1.29, 1.82) is 0 Å². The molecular formula is C29H33ClO5. The molecule has 3 aliphatic rings. The molecule has 2 aliphatic carbocycles. The van der Waals surface area contributed by atoms with E-state index in [0.29, 0.717) is 24.7 Å². The third-order valence-electron chi connectivity index (χ3n) is 7.51. The van der Waals surface area contributed by atoms with E-state index in [1.54, 1.807) is 0 Å². The first kappa shape index (κ1) is 24.2. The van der Waals surface area contributed by atoms with E-state index in [1.807, 2.05) is 0 Å². The fourth-order valence-electron chi connectivity index (χ4n) is 5.78. The van der Waals surface area contributed by atoms with E-state index in [1.165, 1.54) is 48.9 Å². The molecule has 0 bridgehead atoms. The fourth-order valence-corrected chi connectivity index (χ4v) is 6.07. The smallest absolute Gasteiger partial charge is 0.302 e. The molecule has 2 aromatic rings. The Bertz CT molecular complexity index is 1110. The van der Waals surface area contributed by atoms with Crippen LogP contribution in [-0.2, 0) is 31.9 Å². The predicted octanol–water partition coefficient (Wildman–Crippen LogP) is 6.12. The normalized spacial score (nSPS) is 23.3. The minimum atomic E-state index is -0.285. The van der Waals surface area contributed by atoms with Crippen LogP contribution in [0.25, 0.3) is 0 Å². The van der Waals surface area contributed by atoms with Gasteiger partial charge in [0.15, 0.2) is 0 Å². The summed E-state index contributed by atoms with van der Waals surface area (Å²) >= 11 is 6.87. The average molecular weight is 497 g/mol. The first-order chi connectivity index (χ1) is 16.9. The minimum absolute atomic E-state index is 0.133. The maximum atomic E-state index is 11.7. The lowest BCUT2D eigenvalue weighted by molar-refractivity contribution is -0.151. The molecule has 0 radical (unpaired) electrons. The summed E-state index contributed by atoms with van der Waals surface area (Å²) in [7, 11) is 0. The maximum absolute atomic E-state index is 11.7. The van der Waals surface area contributed by atoms with Crippen molar-refractivity contribution in [2.45, 2.75) is 76.7 Å². The summed E-state index contributed by atoms with van der Waals surface area (Å²) in [5, 5.41) is 0.705. The quantitative estimate of drug-likeness (QED) is 0.432. The van der Waals surface area contributed by atoms with Gasteiger partial charge in [0, 0.05) is 25.8 Å². The Kier molecular flexibility index (Phi) is 7.06. The number of halogens is 1. The molecule has 1 aliphatic heterocycles. The molecule has 1 heterocycles. The lowest BCUT2D eigenvalue weighted by Crippen LogP contribution is -2.32. The first-order valence-electron chi connectivity index (χ1n) is 12.7. The second-order valence-electron chi connectivity index (χ2n) is 10.3. The molecule has 186 valence electrons. The van der Waals surface area contributed by atoms with Crippen molar-refractivity contribution in [1.82, 2.24) is 0 Å². The molecule has 5 rings (SSSR count). The molecule has 0 spiro atoms. The summed E-state index contributed by atoms with van der Waals surface area (Å²) in [6.07, 6.45) is 6.29. The van der Waals surface area contributed by atoms with Gasteiger partial charge in [-0.3, -0.25) is 9.59 Å². The lowest BCUT2D eigenvalue weighted by atomic mass is 9.74. The summed E-state index contributed by atoms with van der Waals surface area (Å²) in [5.41, 5.74) is 6.12. The Balaban J connectivity index is 1.43. The second kappa shape index (κ2) is 10.2. The zero-order chi connectivity index (χ0) is 24.5. The predicted molar refractivity (Wildman–Crippen MR) is 134 cm³/mol. The van der Waals surface area contributed by atoms with Gasteiger partial charge in [-0.2, -0.15) is 0 Å². The summed E-state index contributed by atoms with van der Waals surface area (Å²) in [4.78, 5) is 23.2. The van der Waals surface area contributed by atoms with Crippen molar-refractivity contribution in [3.8, 4) is 5.75 Å². The molecule has 2 fully saturated rings. The summed E-state index contributed by atoms with van der Waals surface area (Å²) in [6, 6.07) is 11.2. The van der Waals surface area contributed by atoms with Crippen LogP contribution in [0.4, 0.5) is 0 Å². The van der Waals surface area contributed by atoms with E-state index in [0.717, 1.165) is 42.9 Å². The summed E-state index contributed by atoms with van der Waals surface area (Å²) in [6.45, 7) is 3.84. The van der Waals surface area contributed by atoms with Crippen molar-refractivity contribution >= 4 is 23.5 Å². The molecule has 0 aromatic heterocycles. The highest BCUT2D eigenvalue weighted by Crippen LogP contribution is 2.46. The zero-order valence-corrected chi connectivity index (χ0v) is 21.2. The molecule has 6 heteroatoms. The molecule has 3 unspecified atom stereocenters. The number of rotatable bonds is 7. The highest BCUT2D eigenvalue weighted by atomic mass is 35.5. The molecule has 5 nitrogen and oxygen atoms in total. The van der Waals surface area contributed by atoms with Crippen LogP contribution in [0.2, 0.25) is 5.02 Å². The molecule has 35 heavy (non-hydrogen) atoms. The Labute approximate surface area is 212 Å². The van der Waals surface area contributed by atoms with Crippen LogP contribution < -0.4 is 4.74 Å². The van der Waals surface area contributed by atoms with Gasteiger partial charge in [-0.1, -0.05) is 41.9 Å².